The highest BCUT2D eigenvalue weighted by atomic mass is 19.1. The lowest BCUT2D eigenvalue weighted by Crippen LogP contribution is -2.31. The average molecular weight is 453 g/mol. The fraction of sp³-hybridized carbons (Fsp3) is 0.269. The van der Waals surface area contributed by atoms with Gasteiger partial charge in [0.1, 0.15) is 23.1 Å². The molecule has 1 aliphatic carbocycles. The number of halogens is 2. The summed E-state index contributed by atoms with van der Waals surface area (Å²) in [5.74, 6) is -0.684. The molecule has 0 amide bonds. The van der Waals surface area contributed by atoms with Crippen LogP contribution in [0.2, 0.25) is 0 Å². The van der Waals surface area contributed by atoms with E-state index in [2.05, 4.69) is 11.7 Å². The van der Waals surface area contributed by atoms with E-state index >= 15 is 0 Å². The van der Waals surface area contributed by atoms with Gasteiger partial charge in [-0.3, -0.25) is 0 Å². The first-order chi connectivity index (χ1) is 15.8. The van der Waals surface area contributed by atoms with Gasteiger partial charge >= 0.3 is 0 Å². The van der Waals surface area contributed by atoms with Gasteiger partial charge < -0.3 is 19.3 Å². The van der Waals surface area contributed by atoms with Crippen LogP contribution in [0.15, 0.2) is 65.5 Å². The lowest BCUT2D eigenvalue weighted by Gasteiger charge is -2.30. The highest BCUT2D eigenvalue weighted by Gasteiger charge is 2.42. The number of methoxy groups -OCH3 is 1. The second-order valence-electron chi connectivity index (χ2n) is 8.39. The van der Waals surface area contributed by atoms with Crippen LogP contribution in [0.5, 0.6) is 5.75 Å². The highest BCUT2D eigenvalue weighted by Crippen LogP contribution is 2.45. The number of hydrogen-bond acceptors (Lipinski definition) is 5. The molecule has 1 N–H and O–H groups in total. The van der Waals surface area contributed by atoms with Crippen molar-refractivity contribution in [3.63, 3.8) is 0 Å². The van der Waals surface area contributed by atoms with Crippen LogP contribution in [0.25, 0.3) is 11.3 Å². The molecule has 1 aliphatic rings. The predicted octanol–water partition coefficient (Wildman–Crippen LogP) is 6.07. The van der Waals surface area contributed by atoms with Crippen molar-refractivity contribution in [3.05, 3.63) is 89.5 Å². The Kier molecular flexibility index (Phi) is 6.08. The molecule has 1 heterocycles. The van der Waals surface area contributed by atoms with Gasteiger partial charge in [-0.25, -0.2) is 8.78 Å². The minimum atomic E-state index is -1.66. The molecule has 2 aromatic carbocycles. The van der Waals surface area contributed by atoms with Crippen LogP contribution in [0.1, 0.15) is 43.6 Å². The predicted molar refractivity (Wildman–Crippen MR) is 123 cm³/mol. The summed E-state index contributed by atoms with van der Waals surface area (Å²) in [6.45, 7) is 7.85. The average Bonchev–Trinajstić information content (AvgIpc) is 3.22. The van der Waals surface area contributed by atoms with Crippen LogP contribution in [0.4, 0.5) is 14.5 Å². The van der Waals surface area contributed by atoms with Gasteiger partial charge in [0.15, 0.2) is 11.4 Å². The normalized spacial score (nSPS) is 17.3. The fourth-order valence-corrected chi connectivity index (χ4v) is 4.33. The standard InChI is InChI=1S/C26H26F2N2O3/c1-5-30(15-16(2)3)22-9-8-17(11-23(22)32-4)24-21-7-6-10-26(31,25(21)33-29-24)18-12-19(27)14-20(28)13-18/h5,8-9,11-15,31H,1,6-7,10H2,2-4H3. The quantitative estimate of drug-likeness (QED) is 0.492. The van der Waals surface area contributed by atoms with Crippen molar-refractivity contribution >= 4 is 5.69 Å². The van der Waals surface area contributed by atoms with Crippen LogP contribution in [-0.4, -0.2) is 17.4 Å². The van der Waals surface area contributed by atoms with E-state index in [0.29, 0.717) is 29.8 Å². The van der Waals surface area contributed by atoms with E-state index in [4.69, 9.17) is 9.26 Å². The van der Waals surface area contributed by atoms with Gasteiger partial charge in [0.05, 0.1) is 12.8 Å². The van der Waals surface area contributed by atoms with Gasteiger partial charge in [0, 0.05) is 29.6 Å². The molecule has 33 heavy (non-hydrogen) atoms. The Hall–Kier alpha value is -3.45. The van der Waals surface area contributed by atoms with Crippen LogP contribution >= 0.6 is 0 Å². The third-order valence-electron chi connectivity index (χ3n) is 5.79. The van der Waals surface area contributed by atoms with E-state index in [0.717, 1.165) is 35.0 Å². The van der Waals surface area contributed by atoms with Crippen LogP contribution in [-0.2, 0) is 12.0 Å². The topological polar surface area (TPSA) is 58.7 Å². The van der Waals surface area contributed by atoms with Gasteiger partial charge in [-0.1, -0.05) is 23.4 Å². The molecular weight excluding hydrogens is 426 g/mol. The van der Waals surface area contributed by atoms with E-state index in [9.17, 15) is 13.9 Å². The Labute approximate surface area is 191 Å². The van der Waals surface area contributed by atoms with Crippen molar-refractivity contribution in [2.75, 3.05) is 12.0 Å². The van der Waals surface area contributed by atoms with Crippen LogP contribution < -0.4 is 9.64 Å². The molecule has 0 aliphatic heterocycles. The zero-order chi connectivity index (χ0) is 23.8. The van der Waals surface area contributed by atoms with E-state index < -0.39 is 17.2 Å². The molecule has 1 aromatic heterocycles. The number of hydrogen-bond donors (Lipinski definition) is 1. The van der Waals surface area contributed by atoms with E-state index in [1.165, 1.54) is 0 Å². The van der Waals surface area contributed by atoms with Gasteiger partial charge in [-0.2, -0.15) is 0 Å². The maximum Gasteiger partial charge on any atom is 0.176 e. The third kappa shape index (κ3) is 4.16. The first-order valence-corrected chi connectivity index (χ1v) is 10.7. The number of aliphatic hydroxyl groups is 1. The summed E-state index contributed by atoms with van der Waals surface area (Å²) in [5, 5.41) is 15.6. The first kappa shape index (κ1) is 22.7. The van der Waals surface area contributed by atoms with Crippen molar-refractivity contribution < 1.29 is 23.1 Å². The Bertz CT molecular complexity index is 1210. The van der Waals surface area contributed by atoms with E-state index in [-0.39, 0.29) is 17.7 Å². The summed E-state index contributed by atoms with van der Waals surface area (Å²) in [6.07, 6.45) is 5.14. The SMILES string of the molecule is C=CN(C=C(C)C)c1ccc(-c2noc3c2CCCC3(O)c2cc(F)cc(F)c2)cc1OC. The molecule has 7 heteroatoms. The van der Waals surface area contributed by atoms with Crippen molar-refractivity contribution in [1.29, 1.82) is 0 Å². The summed E-state index contributed by atoms with van der Waals surface area (Å²) in [7, 11) is 1.59. The molecule has 0 fully saturated rings. The van der Waals surface area contributed by atoms with E-state index in [1.807, 2.05) is 43.1 Å². The molecule has 5 nitrogen and oxygen atoms in total. The molecule has 0 spiro atoms. The highest BCUT2D eigenvalue weighted by molar-refractivity contribution is 5.73. The molecule has 0 saturated heterocycles. The summed E-state index contributed by atoms with van der Waals surface area (Å²) in [4.78, 5) is 1.87. The van der Waals surface area contributed by atoms with Crippen LogP contribution in [0.3, 0.4) is 0 Å². The van der Waals surface area contributed by atoms with Crippen molar-refractivity contribution in [3.8, 4) is 17.0 Å². The molecular formula is C26H26F2N2O3. The molecule has 4 rings (SSSR count). The van der Waals surface area contributed by atoms with Gasteiger partial charge in [-0.15, -0.1) is 0 Å². The first-order valence-electron chi connectivity index (χ1n) is 10.7. The Balaban J connectivity index is 1.79. The number of ether oxygens (including phenoxy) is 1. The molecule has 1 unspecified atom stereocenters. The van der Waals surface area contributed by atoms with Gasteiger partial charge in [-0.05, 0) is 62.9 Å². The maximum atomic E-state index is 13.9. The second kappa shape index (κ2) is 8.83. The smallest absolute Gasteiger partial charge is 0.176 e. The Morgan fingerprint density at radius 3 is 2.58 bits per heavy atom. The minimum absolute atomic E-state index is 0.111. The van der Waals surface area contributed by atoms with Gasteiger partial charge in [0.2, 0.25) is 0 Å². The lowest BCUT2D eigenvalue weighted by atomic mass is 9.78. The lowest BCUT2D eigenvalue weighted by molar-refractivity contribution is 0.0316. The second-order valence-corrected chi connectivity index (χ2v) is 8.39. The molecule has 1 atom stereocenters. The van der Waals surface area contributed by atoms with Crippen molar-refractivity contribution in [2.45, 2.75) is 38.7 Å². The largest absolute Gasteiger partial charge is 0.495 e. The number of fused-ring (bicyclic) bond motifs is 1. The summed E-state index contributed by atoms with van der Waals surface area (Å²) < 4.78 is 38.9. The van der Waals surface area contributed by atoms with Gasteiger partial charge in [0.25, 0.3) is 0 Å². The zero-order valence-electron chi connectivity index (χ0n) is 18.9. The number of aromatic nitrogens is 1. The van der Waals surface area contributed by atoms with E-state index in [1.54, 1.807) is 13.3 Å². The molecule has 0 radical (unpaired) electrons. The van der Waals surface area contributed by atoms with Crippen molar-refractivity contribution in [2.24, 2.45) is 0 Å². The monoisotopic (exact) mass is 452 g/mol. The summed E-state index contributed by atoms with van der Waals surface area (Å²) in [6, 6.07) is 8.67. The molecule has 0 saturated carbocycles. The zero-order valence-corrected chi connectivity index (χ0v) is 18.9. The molecule has 172 valence electrons. The molecule has 0 bridgehead atoms. The number of anilines is 1. The van der Waals surface area contributed by atoms with Crippen molar-refractivity contribution in [1.82, 2.24) is 5.16 Å². The minimum Gasteiger partial charge on any atom is -0.495 e. The third-order valence-corrected chi connectivity index (χ3v) is 5.79. The Morgan fingerprint density at radius 2 is 1.94 bits per heavy atom. The Morgan fingerprint density at radius 1 is 1.21 bits per heavy atom. The fourth-order valence-electron chi connectivity index (χ4n) is 4.33. The summed E-state index contributed by atoms with van der Waals surface area (Å²) >= 11 is 0. The number of nitrogens with zero attached hydrogens (tertiary/aromatic N) is 2. The maximum absolute atomic E-state index is 13.9. The summed E-state index contributed by atoms with van der Waals surface area (Å²) in [5.41, 5.74) is 2.39. The van der Waals surface area contributed by atoms with Crippen LogP contribution in [0, 0.1) is 11.6 Å². The molecule has 3 aromatic rings. The number of rotatable bonds is 6. The number of benzene rings is 2. The number of allylic oxidation sites excluding steroid dienone is 1.